The van der Waals surface area contributed by atoms with Crippen molar-refractivity contribution in [3.05, 3.63) is 36.1 Å². The van der Waals surface area contributed by atoms with Crippen LogP contribution in [-0.4, -0.2) is 25.7 Å². The molecule has 1 atom stereocenters. The van der Waals surface area contributed by atoms with E-state index in [-0.39, 0.29) is 17.4 Å². The van der Waals surface area contributed by atoms with Gasteiger partial charge in [-0.2, -0.15) is 0 Å². The first kappa shape index (κ1) is 14.8. The first-order valence-electron chi connectivity index (χ1n) is 6.63. The van der Waals surface area contributed by atoms with Gasteiger partial charge >= 0.3 is 0 Å². The molecular formula is C15H18O4S. The van der Waals surface area contributed by atoms with E-state index in [0.717, 1.165) is 11.8 Å². The first-order chi connectivity index (χ1) is 9.41. The van der Waals surface area contributed by atoms with Crippen LogP contribution in [0.2, 0.25) is 0 Å². The van der Waals surface area contributed by atoms with Crippen LogP contribution in [0.3, 0.4) is 0 Å². The summed E-state index contributed by atoms with van der Waals surface area (Å²) in [5.74, 6) is -0.765. The van der Waals surface area contributed by atoms with Crippen LogP contribution < -0.4 is 0 Å². The highest BCUT2D eigenvalue weighted by atomic mass is 32.2. The van der Waals surface area contributed by atoms with Gasteiger partial charge in [-0.15, -0.1) is 0 Å². The zero-order valence-electron chi connectivity index (χ0n) is 11.6. The largest absolute Gasteiger partial charge is 0.453 e. The van der Waals surface area contributed by atoms with Gasteiger partial charge in [0.2, 0.25) is 5.78 Å². The Labute approximate surface area is 118 Å². The Balaban J connectivity index is 2.15. The fourth-order valence-electron chi connectivity index (χ4n) is 2.00. The number of para-hydroxylation sites is 1. The third-order valence-corrected chi connectivity index (χ3v) is 5.07. The first-order valence-corrected chi connectivity index (χ1v) is 8.45. The molecule has 2 aromatic rings. The van der Waals surface area contributed by atoms with Gasteiger partial charge < -0.3 is 4.42 Å². The highest BCUT2D eigenvalue weighted by Crippen LogP contribution is 2.19. The summed E-state index contributed by atoms with van der Waals surface area (Å²) in [5, 5.41) is 0.801. The highest BCUT2D eigenvalue weighted by molar-refractivity contribution is 7.92. The maximum absolute atomic E-state index is 12.0. The smallest absolute Gasteiger partial charge is 0.213 e. The number of Topliss-reactive ketones (excluding diaryl/α,β-unsaturated/α-hetero) is 1. The van der Waals surface area contributed by atoms with Gasteiger partial charge in [0.05, 0.1) is 5.75 Å². The van der Waals surface area contributed by atoms with Crippen molar-refractivity contribution in [3.63, 3.8) is 0 Å². The summed E-state index contributed by atoms with van der Waals surface area (Å²) in [4.78, 5) is 12.0. The van der Waals surface area contributed by atoms with Crippen molar-refractivity contribution in [2.45, 2.75) is 20.3 Å². The van der Waals surface area contributed by atoms with Crippen LogP contribution in [0.5, 0.6) is 0 Å². The third kappa shape index (κ3) is 3.48. The molecule has 0 aliphatic heterocycles. The minimum atomic E-state index is -3.39. The van der Waals surface area contributed by atoms with Gasteiger partial charge in [0, 0.05) is 5.39 Å². The molecule has 1 unspecified atom stereocenters. The molecular weight excluding hydrogens is 276 g/mol. The van der Waals surface area contributed by atoms with Crippen molar-refractivity contribution in [2.75, 3.05) is 11.5 Å². The standard InChI is InChI=1S/C15H18O4S/c1-3-11(2)9-20(17,18)10-13(16)15-8-12-6-4-5-7-14(12)19-15/h4-8,11H,3,9-10H2,1-2H3. The van der Waals surface area contributed by atoms with E-state index in [1.54, 1.807) is 18.2 Å². The van der Waals surface area contributed by atoms with E-state index >= 15 is 0 Å². The molecule has 0 saturated heterocycles. The molecule has 0 radical (unpaired) electrons. The van der Waals surface area contributed by atoms with E-state index in [0.29, 0.717) is 5.58 Å². The number of hydrogen-bond acceptors (Lipinski definition) is 4. The third-order valence-electron chi connectivity index (χ3n) is 3.29. The van der Waals surface area contributed by atoms with Crippen molar-refractivity contribution in [1.82, 2.24) is 0 Å². The Morgan fingerprint density at radius 3 is 2.65 bits per heavy atom. The number of fused-ring (bicyclic) bond motifs is 1. The molecule has 0 N–H and O–H groups in total. The normalized spacial score (nSPS) is 13.5. The average molecular weight is 294 g/mol. The summed E-state index contributed by atoms with van der Waals surface area (Å²) in [7, 11) is -3.39. The topological polar surface area (TPSA) is 64.3 Å². The summed E-state index contributed by atoms with van der Waals surface area (Å²) in [6, 6.07) is 8.81. The Morgan fingerprint density at radius 2 is 2.00 bits per heavy atom. The van der Waals surface area contributed by atoms with Crippen LogP contribution in [0.1, 0.15) is 30.8 Å². The Morgan fingerprint density at radius 1 is 1.30 bits per heavy atom. The van der Waals surface area contributed by atoms with Crippen LogP contribution >= 0.6 is 0 Å². The number of carbonyl (C=O) groups excluding carboxylic acids is 1. The second kappa shape index (κ2) is 5.79. The molecule has 0 aliphatic rings. The molecule has 20 heavy (non-hydrogen) atoms. The van der Waals surface area contributed by atoms with E-state index in [9.17, 15) is 13.2 Å². The van der Waals surface area contributed by atoms with Crippen LogP contribution in [0.15, 0.2) is 34.7 Å². The molecule has 0 amide bonds. The maximum Gasteiger partial charge on any atom is 0.213 e. The number of furan rings is 1. The number of carbonyl (C=O) groups is 1. The molecule has 108 valence electrons. The molecule has 0 aliphatic carbocycles. The quantitative estimate of drug-likeness (QED) is 0.768. The van der Waals surface area contributed by atoms with Crippen LogP contribution in [0.4, 0.5) is 0 Å². The highest BCUT2D eigenvalue weighted by Gasteiger charge is 2.22. The van der Waals surface area contributed by atoms with E-state index in [1.807, 2.05) is 26.0 Å². The monoisotopic (exact) mass is 294 g/mol. The number of hydrogen-bond donors (Lipinski definition) is 0. The lowest BCUT2D eigenvalue weighted by Crippen LogP contribution is -2.22. The van der Waals surface area contributed by atoms with Crippen molar-refractivity contribution >= 4 is 26.6 Å². The number of benzene rings is 1. The number of rotatable bonds is 6. The Hall–Kier alpha value is -1.62. The van der Waals surface area contributed by atoms with Crippen LogP contribution in [0, 0.1) is 5.92 Å². The lowest BCUT2D eigenvalue weighted by molar-refractivity contribution is 0.0992. The molecule has 0 spiro atoms. The maximum atomic E-state index is 12.0. The number of sulfone groups is 1. The fraction of sp³-hybridized carbons (Fsp3) is 0.400. The molecule has 1 aromatic carbocycles. The minimum Gasteiger partial charge on any atom is -0.453 e. The van der Waals surface area contributed by atoms with E-state index in [4.69, 9.17) is 4.42 Å². The lowest BCUT2D eigenvalue weighted by Gasteiger charge is -2.08. The average Bonchev–Trinajstić information content (AvgIpc) is 2.81. The molecule has 5 heteroatoms. The van der Waals surface area contributed by atoms with Gasteiger partial charge in [-0.05, 0) is 18.1 Å². The lowest BCUT2D eigenvalue weighted by atomic mass is 10.2. The molecule has 0 saturated carbocycles. The van der Waals surface area contributed by atoms with Gasteiger partial charge in [-0.3, -0.25) is 4.79 Å². The van der Waals surface area contributed by atoms with Gasteiger partial charge in [0.1, 0.15) is 11.3 Å². The second-order valence-corrected chi connectivity index (χ2v) is 7.25. The van der Waals surface area contributed by atoms with Gasteiger partial charge in [-0.1, -0.05) is 38.5 Å². The molecule has 0 bridgehead atoms. The Bertz CT molecular complexity index is 679. The second-order valence-electron chi connectivity index (χ2n) is 5.14. The summed E-state index contributed by atoms with van der Waals surface area (Å²) in [5.41, 5.74) is 0.593. The van der Waals surface area contributed by atoms with Gasteiger partial charge in [-0.25, -0.2) is 8.42 Å². The number of ketones is 1. The van der Waals surface area contributed by atoms with Crippen molar-refractivity contribution in [1.29, 1.82) is 0 Å². The molecule has 1 heterocycles. The minimum absolute atomic E-state index is 0.0372. The van der Waals surface area contributed by atoms with Gasteiger partial charge in [0.15, 0.2) is 15.6 Å². The SMILES string of the molecule is CCC(C)CS(=O)(=O)CC(=O)c1cc2ccccc2o1. The van der Waals surface area contributed by atoms with Crippen LogP contribution in [-0.2, 0) is 9.84 Å². The summed E-state index contributed by atoms with van der Waals surface area (Å²) in [6.45, 7) is 3.80. The van der Waals surface area contributed by atoms with E-state index < -0.39 is 21.4 Å². The molecule has 0 fully saturated rings. The predicted octanol–water partition coefficient (Wildman–Crippen LogP) is 3.08. The van der Waals surface area contributed by atoms with Crippen LogP contribution in [0.25, 0.3) is 11.0 Å². The zero-order valence-corrected chi connectivity index (χ0v) is 12.4. The molecule has 1 aromatic heterocycles. The van der Waals surface area contributed by atoms with Crippen molar-refractivity contribution < 1.29 is 17.6 Å². The van der Waals surface area contributed by atoms with Gasteiger partial charge in [0.25, 0.3) is 0 Å². The predicted molar refractivity (Wildman–Crippen MR) is 78.7 cm³/mol. The van der Waals surface area contributed by atoms with Crippen molar-refractivity contribution in [3.8, 4) is 0 Å². The zero-order chi connectivity index (χ0) is 14.8. The molecule has 4 nitrogen and oxygen atoms in total. The van der Waals surface area contributed by atoms with E-state index in [2.05, 4.69) is 0 Å². The Kier molecular flexibility index (Phi) is 4.28. The summed E-state index contributed by atoms with van der Waals surface area (Å²) >= 11 is 0. The van der Waals surface area contributed by atoms with E-state index in [1.165, 1.54) is 0 Å². The van der Waals surface area contributed by atoms with Crippen molar-refractivity contribution in [2.24, 2.45) is 5.92 Å². The molecule has 2 rings (SSSR count). The fourth-order valence-corrected chi connectivity index (χ4v) is 3.76. The summed E-state index contributed by atoms with van der Waals surface area (Å²) in [6.07, 6.45) is 0.776. The summed E-state index contributed by atoms with van der Waals surface area (Å²) < 4.78 is 29.3.